The first kappa shape index (κ1) is 44.0. The number of carbonyl (C=O) groups excluding carboxylic acids is 3. The molecule has 1 unspecified atom stereocenters. The molecule has 0 aliphatic rings. The Kier molecular flexibility index (Phi) is 19.3. The van der Waals surface area contributed by atoms with Gasteiger partial charge in [-0.05, 0) is 78.4 Å². The van der Waals surface area contributed by atoms with Gasteiger partial charge in [0.1, 0.15) is 12.2 Å². The van der Waals surface area contributed by atoms with Gasteiger partial charge in [-0.3, -0.25) is 9.63 Å². The molecule has 13 heteroatoms. The molecule has 0 bridgehead atoms. The number of rotatable bonds is 12. The second-order valence-electron chi connectivity index (χ2n) is 12.0. The van der Waals surface area contributed by atoms with Crippen molar-refractivity contribution in [2.45, 2.75) is 106 Å². The molecular weight excluding hydrogens is 639 g/mol. The van der Waals surface area contributed by atoms with Crippen molar-refractivity contribution < 1.29 is 50.6 Å². The average Bonchev–Trinajstić information content (AvgIpc) is 3.07. The molecule has 270 valence electrons. The molecule has 2 aromatic carbocycles. The summed E-state index contributed by atoms with van der Waals surface area (Å²) in [6.07, 6.45) is 1.87. The Morgan fingerprint density at radius 1 is 0.833 bits per heavy atom. The molecule has 2 rings (SSSR count). The Morgan fingerprint density at radius 3 is 1.81 bits per heavy atom. The smallest absolute Gasteiger partial charge is 0.433 e. The molecule has 0 aliphatic heterocycles. The number of oxime groups is 1. The van der Waals surface area contributed by atoms with E-state index < -0.39 is 52.1 Å². The van der Waals surface area contributed by atoms with E-state index in [1.165, 1.54) is 6.92 Å². The van der Waals surface area contributed by atoms with E-state index >= 15 is 0 Å². The maximum atomic E-state index is 13.1. The zero-order valence-corrected chi connectivity index (χ0v) is 29.5. The van der Waals surface area contributed by atoms with Crippen molar-refractivity contribution in [2.75, 3.05) is 13.2 Å². The molecule has 2 aromatic rings. The van der Waals surface area contributed by atoms with Crippen molar-refractivity contribution in [1.82, 2.24) is 5.32 Å². The summed E-state index contributed by atoms with van der Waals surface area (Å²) >= 11 is 0. The molecule has 8 nitrogen and oxygen atoms in total. The lowest BCUT2D eigenvalue weighted by Gasteiger charge is -2.23. The third-order valence-electron chi connectivity index (χ3n) is 7.42. The number of carbonyl (C=O) groups is 3. The summed E-state index contributed by atoms with van der Waals surface area (Å²) in [6, 6.07) is 9.05. The van der Waals surface area contributed by atoms with Crippen LogP contribution in [0.2, 0.25) is 0 Å². The maximum absolute atomic E-state index is 13.1. The number of benzene rings is 2. The van der Waals surface area contributed by atoms with Crippen LogP contribution >= 0.6 is 0 Å². The van der Waals surface area contributed by atoms with E-state index in [0.717, 1.165) is 18.6 Å². The molecule has 0 aromatic heterocycles. The van der Waals surface area contributed by atoms with Gasteiger partial charge in [0, 0.05) is 5.56 Å². The van der Waals surface area contributed by atoms with E-state index in [2.05, 4.69) is 15.3 Å². The minimum absolute atomic E-state index is 0.119. The molecule has 0 spiro atoms. The zero-order valence-electron chi connectivity index (χ0n) is 29.5. The van der Waals surface area contributed by atoms with E-state index in [0.29, 0.717) is 18.4 Å². The van der Waals surface area contributed by atoms with E-state index in [1.54, 1.807) is 26.0 Å². The van der Waals surface area contributed by atoms with Crippen LogP contribution in [0.5, 0.6) is 0 Å². The first-order valence-electron chi connectivity index (χ1n) is 15.7. The summed E-state index contributed by atoms with van der Waals surface area (Å²) in [7, 11) is 0. The van der Waals surface area contributed by atoms with Crippen LogP contribution in [0, 0.1) is 34.5 Å². The number of hydrogen-bond acceptors (Lipinski definition) is 7. The van der Waals surface area contributed by atoms with Gasteiger partial charge in [0.25, 0.3) is 0 Å². The predicted octanol–water partition coefficient (Wildman–Crippen LogP) is 9.41. The minimum atomic E-state index is -2.11. The molecule has 1 atom stereocenters. The zero-order chi connectivity index (χ0) is 37.2. The predicted molar refractivity (Wildman–Crippen MR) is 174 cm³/mol. The van der Waals surface area contributed by atoms with Crippen LogP contribution in [0.3, 0.4) is 0 Å². The van der Waals surface area contributed by atoms with E-state index in [9.17, 15) is 36.3 Å². The molecule has 0 radical (unpaired) electrons. The summed E-state index contributed by atoms with van der Waals surface area (Å²) in [6.45, 7) is 18.4. The highest BCUT2D eigenvalue weighted by Gasteiger charge is 2.28. The van der Waals surface area contributed by atoms with Gasteiger partial charge in [-0.15, -0.1) is 0 Å². The topological polar surface area (TPSA) is 103 Å². The number of nitrogens with one attached hydrogen (secondary N) is 1. The quantitative estimate of drug-likeness (QED) is 0.0348. The first-order valence-corrected chi connectivity index (χ1v) is 15.7. The van der Waals surface area contributed by atoms with Gasteiger partial charge in [0.15, 0.2) is 23.3 Å². The van der Waals surface area contributed by atoms with Crippen LogP contribution in [-0.2, 0) is 19.1 Å². The molecule has 1 N–H and O–H groups in total. The van der Waals surface area contributed by atoms with Crippen LogP contribution in [0.15, 0.2) is 35.5 Å². The molecule has 0 fully saturated rings. The molecule has 48 heavy (non-hydrogen) atoms. The normalized spacial score (nSPS) is 12.0. The fraction of sp³-hybridized carbons (Fsp3) is 0.543. The van der Waals surface area contributed by atoms with E-state index in [1.807, 2.05) is 66.7 Å². The average molecular weight is 689 g/mol. The van der Waals surface area contributed by atoms with Gasteiger partial charge >= 0.3 is 18.0 Å². The third kappa shape index (κ3) is 14.8. The summed E-state index contributed by atoms with van der Waals surface area (Å²) in [5.74, 6) is -10.6. The Labute approximate surface area is 280 Å². The summed E-state index contributed by atoms with van der Waals surface area (Å²) < 4.78 is 74.7. The number of halogens is 5. The highest BCUT2D eigenvalue weighted by molar-refractivity contribution is 5.89. The molecule has 0 saturated carbocycles. The Bertz CT molecular complexity index is 1340. The number of esters is 2. The van der Waals surface area contributed by atoms with Gasteiger partial charge in [-0.2, -0.15) is 0 Å². The number of amides is 1. The van der Waals surface area contributed by atoms with Crippen molar-refractivity contribution in [3.05, 3.63) is 70.5 Å². The maximum Gasteiger partial charge on any atom is 0.433 e. The molecule has 0 aliphatic carbocycles. The van der Waals surface area contributed by atoms with Crippen LogP contribution in [-0.4, -0.2) is 42.5 Å². The lowest BCUT2D eigenvalue weighted by atomic mass is 9.91. The monoisotopic (exact) mass is 688 g/mol. The Morgan fingerprint density at radius 2 is 1.35 bits per heavy atom. The lowest BCUT2D eigenvalue weighted by molar-refractivity contribution is -0.153. The number of ether oxygens (including phenoxy) is 2. The molecule has 1 amide bonds. The minimum Gasteiger partial charge on any atom is -0.463 e. The molecule has 0 saturated heterocycles. The standard InChI is InChI=1S/C13H24N2O4.C12H16O2.C10H9F5/c1-6-10(3)15-19-12(17)14-8-9-18-11(16)13(4,5)7-2;1-4-12(2,3)14-11(13)10-8-6-5-7-9-10;1-3-4(2)5-6(11)8(13)10(15)9(14)7(5)12/h6-9H2,1-5H3,(H,14,17);5-9H,4H2,1-3H3;4H,3H2,1-2H3. The van der Waals surface area contributed by atoms with Crippen molar-refractivity contribution in [3.8, 4) is 0 Å². The highest BCUT2D eigenvalue weighted by atomic mass is 19.2. The lowest BCUT2D eigenvalue weighted by Crippen LogP contribution is -2.31. The van der Waals surface area contributed by atoms with Crippen molar-refractivity contribution in [3.63, 3.8) is 0 Å². The fourth-order valence-electron chi connectivity index (χ4n) is 3.07. The van der Waals surface area contributed by atoms with Crippen LogP contribution in [0.1, 0.15) is 117 Å². The van der Waals surface area contributed by atoms with Crippen molar-refractivity contribution in [1.29, 1.82) is 0 Å². The molecule has 0 heterocycles. The van der Waals surface area contributed by atoms with Gasteiger partial charge in [0.05, 0.1) is 23.2 Å². The van der Waals surface area contributed by atoms with Gasteiger partial charge < -0.3 is 14.8 Å². The van der Waals surface area contributed by atoms with Crippen LogP contribution < -0.4 is 5.32 Å². The van der Waals surface area contributed by atoms with Crippen molar-refractivity contribution in [2.24, 2.45) is 10.6 Å². The number of hydrogen-bond donors (Lipinski definition) is 1. The third-order valence-corrected chi connectivity index (χ3v) is 7.42. The number of nitrogens with zero attached hydrogens (tertiary/aromatic N) is 1. The Balaban J connectivity index is 0.000000699. The van der Waals surface area contributed by atoms with Gasteiger partial charge in [-0.25, -0.2) is 31.5 Å². The van der Waals surface area contributed by atoms with Crippen LogP contribution in [0.4, 0.5) is 26.7 Å². The first-order chi connectivity index (χ1) is 22.3. The Hall–Kier alpha value is -4.03. The van der Waals surface area contributed by atoms with E-state index in [-0.39, 0.29) is 30.7 Å². The fourth-order valence-corrected chi connectivity index (χ4v) is 3.07. The van der Waals surface area contributed by atoms with E-state index in [4.69, 9.17) is 9.47 Å². The highest BCUT2D eigenvalue weighted by Crippen LogP contribution is 2.30. The SMILES string of the molecule is CCC(C)(C)OC(=O)c1ccccc1.CCC(C)=NOC(=O)NCCOC(=O)C(C)(C)CC.CCC(C)c1c(F)c(F)c(F)c(F)c1F. The van der Waals surface area contributed by atoms with Gasteiger partial charge in [-0.1, -0.05) is 58.0 Å². The largest absolute Gasteiger partial charge is 0.463 e. The molecular formula is C35H49F5N2O6. The summed E-state index contributed by atoms with van der Waals surface area (Å²) in [5, 5.41) is 6.05. The summed E-state index contributed by atoms with van der Waals surface area (Å²) in [4.78, 5) is 39.0. The van der Waals surface area contributed by atoms with Crippen molar-refractivity contribution >= 4 is 23.7 Å². The van der Waals surface area contributed by atoms with Crippen LogP contribution in [0.25, 0.3) is 0 Å². The summed E-state index contributed by atoms with van der Waals surface area (Å²) in [5.41, 5.74) is -0.287. The second kappa shape index (κ2) is 21.0. The van der Waals surface area contributed by atoms with Gasteiger partial charge in [0.2, 0.25) is 5.82 Å². The second-order valence-corrected chi connectivity index (χ2v) is 12.0.